The quantitative estimate of drug-likeness (QED) is 0.322. The maximum absolute atomic E-state index is 14.3. The molecule has 0 radical (unpaired) electrons. The first-order valence-electron chi connectivity index (χ1n) is 14.4. The highest BCUT2D eigenvalue weighted by Crippen LogP contribution is 2.70. The number of allylic oxidation sites excluding steroid dienone is 4. The minimum atomic E-state index is -0.740. The standard InChI is InChI=1S/C31H37IN4O4/c1-27(2)20-7-9-29(4)17-6-8-28(3)10-11-31(32,26-36-35-25(40-26)24(34)39)14-18(28)22(17)19(37)12-21(29)30(20,5)13-16(15-33)23(27)38/h12-13,17-18,20,22H,6-11,14H2,1-5H3,(H2,34,39)/t17?,18-,20-,22?,28-,29-,30-,31+/m0/s1. The number of primary amides is 1. The highest BCUT2D eigenvalue weighted by atomic mass is 127. The lowest BCUT2D eigenvalue weighted by atomic mass is 9.39. The maximum Gasteiger partial charge on any atom is 0.306 e. The minimum Gasteiger partial charge on any atom is -0.415 e. The molecule has 0 aliphatic heterocycles. The molecule has 5 aliphatic rings. The monoisotopic (exact) mass is 656 g/mol. The molecule has 2 N–H and O–H groups in total. The molecule has 1 aromatic rings. The van der Waals surface area contributed by atoms with Crippen molar-refractivity contribution >= 4 is 40.1 Å². The van der Waals surface area contributed by atoms with Crippen molar-refractivity contribution in [1.29, 1.82) is 5.26 Å². The van der Waals surface area contributed by atoms with Gasteiger partial charge < -0.3 is 10.2 Å². The molecule has 3 fully saturated rings. The Morgan fingerprint density at radius 1 is 1.07 bits per heavy atom. The maximum atomic E-state index is 14.3. The van der Waals surface area contributed by atoms with Crippen molar-refractivity contribution in [2.45, 2.75) is 83.0 Å². The van der Waals surface area contributed by atoms with Crippen LogP contribution in [0.4, 0.5) is 0 Å². The molecule has 6 rings (SSSR count). The summed E-state index contributed by atoms with van der Waals surface area (Å²) in [4.78, 5) is 39.1. The fraction of sp³-hybridized carbons (Fsp3) is 0.677. The fourth-order valence-corrected chi connectivity index (χ4v) is 10.8. The van der Waals surface area contributed by atoms with E-state index in [-0.39, 0.29) is 57.5 Å². The number of nitrogens with two attached hydrogens (primary N) is 1. The van der Waals surface area contributed by atoms with Crippen LogP contribution in [0.15, 0.2) is 27.7 Å². The number of hydrogen-bond acceptors (Lipinski definition) is 7. The topological polar surface area (TPSA) is 140 Å². The molecule has 1 amide bonds. The SMILES string of the molecule is CC1(C)C(=O)C(C#N)=C[C@]2(C)C3=CC(=O)C4C(CC[C@@]5(C)CC[C@](I)(c6nnc(C(N)=O)o6)C[C@@H]45)[C@]3(C)CC[C@@H]12. The number of Topliss-reactive ketones (excluding diaryl/α,β-unsaturated/α-hetero) is 1. The van der Waals surface area contributed by atoms with E-state index in [0.717, 1.165) is 50.5 Å². The number of nitriles is 1. The number of aromatic nitrogens is 2. The van der Waals surface area contributed by atoms with E-state index in [2.05, 4.69) is 59.6 Å². The zero-order valence-electron chi connectivity index (χ0n) is 23.8. The Kier molecular flexibility index (Phi) is 5.97. The van der Waals surface area contributed by atoms with Crippen LogP contribution in [0, 0.1) is 56.7 Å². The Morgan fingerprint density at radius 3 is 2.45 bits per heavy atom. The second-order valence-electron chi connectivity index (χ2n) is 14.3. The van der Waals surface area contributed by atoms with Gasteiger partial charge in [-0.05, 0) is 79.6 Å². The molecule has 3 saturated carbocycles. The summed E-state index contributed by atoms with van der Waals surface area (Å²) in [5.41, 5.74) is 5.34. The average Bonchev–Trinajstić information content (AvgIpc) is 3.40. The molecule has 9 heteroatoms. The van der Waals surface area contributed by atoms with Crippen LogP contribution in [0.5, 0.6) is 0 Å². The summed E-state index contributed by atoms with van der Waals surface area (Å²) in [6, 6.07) is 2.17. The van der Waals surface area contributed by atoms with Crippen LogP contribution in [0.1, 0.15) is 96.1 Å². The highest BCUT2D eigenvalue weighted by Gasteiger charge is 2.65. The summed E-state index contributed by atoms with van der Waals surface area (Å²) in [7, 11) is 0. The van der Waals surface area contributed by atoms with Crippen molar-refractivity contribution < 1.29 is 18.8 Å². The molecule has 0 bridgehead atoms. The number of nitrogens with zero attached hydrogens (tertiary/aromatic N) is 3. The molecule has 40 heavy (non-hydrogen) atoms. The first-order chi connectivity index (χ1) is 18.6. The molecule has 1 heterocycles. The zero-order chi connectivity index (χ0) is 29.0. The third-order valence-corrected chi connectivity index (χ3v) is 13.5. The van der Waals surface area contributed by atoms with Gasteiger partial charge in [0.1, 0.15) is 9.49 Å². The Balaban J connectivity index is 1.43. The van der Waals surface area contributed by atoms with Gasteiger partial charge in [0.25, 0.3) is 0 Å². The van der Waals surface area contributed by atoms with E-state index in [1.165, 1.54) is 0 Å². The Morgan fingerprint density at radius 2 is 1.80 bits per heavy atom. The number of fused-ring (bicyclic) bond motifs is 7. The van der Waals surface area contributed by atoms with E-state index in [1.807, 2.05) is 26.0 Å². The third-order valence-electron chi connectivity index (χ3n) is 12.0. The van der Waals surface area contributed by atoms with Crippen LogP contribution in [0.2, 0.25) is 0 Å². The number of rotatable bonds is 2. The van der Waals surface area contributed by atoms with Gasteiger partial charge in [-0.1, -0.05) is 68.9 Å². The minimum absolute atomic E-state index is 0.0218. The van der Waals surface area contributed by atoms with Crippen LogP contribution in [-0.2, 0) is 13.0 Å². The Bertz CT molecular complexity index is 1450. The lowest BCUT2D eigenvalue weighted by Gasteiger charge is -2.64. The smallest absolute Gasteiger partial charge is 0.306 e. The lowest BCUT2D eigenvalue weighted by Crippen LogP contribution is -2.60. The van der Waals surface area contributed by atoms with Gasteiger partial charge in [0, 0.05) is 16.7 Å². The number of amides is 1. The number of carbonyl (C=O) groups excluding carboxylic acids is 3. The second-order valence-corrected chi connectivity index (χ2v) is 16.4. The van der Waals surface area contributed by atoms with E-state index >= 15 is 0 Å². The van der Waals surface area contributed by atoms with Gasteiger partial charge in [0.05, 0.1) is 5.57 Å². The van der Waals surface area contributed by atoms with Crippen LogP contribution < -0.4 is 5.73 Å². The number of carbonyl (C=O) groups is 3. The predicted molar refractivity (Wildman–Crippen MR) is 155 cm³/mol. The van der Waals surface area contributed by atoms with E-state index in [4.69, 9.17) is 10.2 Å². The molecule has 0 aromatic carbocycles. The van der Waals surface area contributed by atoms with Gasteiger partial charge in [-0.25, -0.2) is 0 Å². The van der Waals surface area contributed by atoms with Crippen LogP contribution in [-0.4, -0.2) is 27.7 Å². The van der Waals surface area contributed by atoms with Gasteiger partial charge in [0.15, 0.2) is 11.6 Å². The molecule has 5 aliphatic carbocycles. The van der Waals surface area contributed by atoms with E-state index < -0.39 is 20.2 Å². The first-order valence-corrected chi connectivity index (χ1v) is 15.5. The normalized spacial score (nSPS) is 43.7. The fourth-order valence-electron chi connectivity index (χ4n) is 9.86. The van der Waals surface area contributed by atoms with Gasteiger partial charge >= 0.3 is 11.8 Å². The van der Waals surface area contributed by atoms with Crippen molar-refractivity contribution in [2.24, 2.45) is 51.1 Å². The molecule has 0 spiro atoms. The molecule has 0 saturated heterocycles. The molecular formula is C31H37IN4O4. The van der Waals surface area contributed by atoms with Crippen LogP contribution in [0.3, 0.4) is 0 Å². The summed E-state index contributed by atoms with van der Waals surface area (Å²) < 4.78 is 5.25. The molecular weight excluding hydrogens is 619 g/mol. The van der Waals surface area contributed by atoms with Gasteiger partial charge in [-0.3, -0.25) is 14.4 Å². The molecule has 2 unspecified atom stereocenters. The van der Waals surface area contributed by atoms with Crippen molar-refractivity contribution in [2.75, 3.05) is 0 Å². The first kappa shape index (κ1) is 27.8. The van der Waals surface area contributed by atoms with Gasteiger partial charge in [-0.2, -0.15) is 5.26 Å². The molecule has 8 atom stereocenters. The molecule has 212 valence electrons. The summed E-state index contributed by atoms with van der Waals surface area (Å²) in [6.45, 7) is 10.7. The van der Waals surface area contributed by atoms with Crippen molar-refractivity contribution in [1.82, 2.24) is 10.2 Å². The van der Waals surface area contributed by atoms with Crippen molar-refractivity contribution in [3.63, 3.8) is 0 Å². The molecule has 8 nitrogen and oxygen atoms in total. The highest BCUT2D eigenvalue weighted by molar-refractivity contribution is 14.1. The number of ketones is 2. The van der Waals surface area contributed by atoms with E-state index in [1.54, 1.807) is 0 Å². The zero-order valence-corrected chi connectivity index (χ0v) is 26.0. The Hall–Kier alpha value is -2.35. The van der Waals surface area contributed by atoms with E-state index in [9.17, 15) is 19.6 Å². The van der Waals surface area contributed by atoms with Crippen molar-refractivity contribution in [3.8, 4) is 6.07 Å². The number of halogens is 1. The third kappa shape index (κ3) is 3.56. The van der Waals surface area contributed by atoms with Crippen LogP contribution >= 0.6 is 22.6 Å². The summed E-state index contributed by atoms with van der Waals surface area (Å²) in [6.07, 6.45) is 10.1. The van der Waals surface area contributed by atoms with Crippen LogP contribution in [0.25, 0.3) is 0 Å². The van der Waals surface area contributed by atoms with Gasteiger partial charge in [0.2, 0.25) is 5.89 Å². The van der Waals surface area contributed by atoms with E-state index in [0.29, 0.717) is 5.89 Å². The number of alkyl halides is 1. The lowest BCUT2D eigenvalue weighted by molar-refractivity contribution is -0.143. The average molecular weight is 657 g/mol. The largest absolute Gasteiger partial charge is 0.415 e. The summed E-state index contributed by atoms with van der Waals surface area (Å²) in [5.74, 6) is -0.214. The second kappa shape index (κ2) is 8.59. The summed E-state index contributed by atoms with van der Waals surface area (Å²) >= 11 is 2.39. The summed E-state index contributed by atoms with van der Waals surface area (Å²) in [5, 5.41) is 17.9. The van der Waals surface area contributed by atoms with Crippen molar-refractivity contribution in [3.05, 3.63) is 35.1 Å². The predicted octanol–water partition coefficient (Wildman–Crippen LogP) is 5.62. The van der Waals surface area contributed by atoms with Gasteiger partial charge in [-0.15, -0.1) is 10.2 Å². The Labute approximate surface area is 248 Å². The molecule has 1 aromatic heterocycles. The number of hydrogen-bond donors (Lipinski definition) is 1.